The molecule has 35 heavy (non-hydrogen) atoms. The predicted molar refractivity (Wildman–Crippen MR) is 152 cm³/mol. The highest BCUT2D eigenvalue weighted by atomic mass is 79.9. The minimum Gasteiger partial charge on any atom is -0.403 e. The maximum absolute atomic E-state index is 13.8. The van der Waals surface area contributed by atoms with Gasteiger partial charge in [-0.05, 0) is 105 Å². The molecule has 0 spiro atoms. The largest absolute Gasteiger partial charge is 0.403 e. The molecule has 3 fully saturated rings. The first-order valence-electron chi connectivity index (χ1n) is 13.8. The lowest BCUT2D eigenvalue weighted by atomic mass is 9.61. The molecule has 1 aromatic rings. The Morgan fingerprint density at radius 1 is 1.20 bits per heavy atom. The van der Waals surface area contributed by atoms with Crippen LogP contribution < -0.4 is 0 Å². The van der Waals surface area contributed by atoms with Crippen LogP contribution in [0, 0.1) is 23.2 Å². The molecule has 0 aromatic heterocycles. The summed E-state index contributed by atoms with van der Waals surface area (Å²) in [5.74, 6) is 2.27. The fourth-order valence-corrected chi connectivity index (χ4v) is 10.1. The summed E-state index contributed by atoms with van der Waals surface area (Å²) in [6, 6.07) is 10.9. The molecule has 4 rings (SSSR count). The number of fused-ring (bicyclic) bond motifs is 1. The summed E-state index contributed by atoms with van der Waals surface area (Å²) >= 11 is 3.67. The topological polar surface area (TPSA) is 29.5 Å². The van der Waals surface area contributed by atoms with Crippen LogP contribution in [-0.4, -0.2) is 37.3 Å². The first-order chi connectivity index (χ1) is 16.5. The van der Waals surface area contributed by atoms with E-state index in [4.69, 9.17) is 4.43 Å². The summed E-state index contributed by atoms with van der Waals surface area (Å²) < 4.78 is 6.59. The summed E-state index contributed by atoms with van der Waals surface area (Å²) in [5, 5.41) is 0. The molecule has 2 aliphatic carbocycles. The Kier molecular flexibility index (Phi) is 8.10. The van der Waals surface area contributed by atoms with Crippen molar-refractivity contribution in [3.05, 3.63) is 46.5 Å². The molecule has 1 aliphatic heterocycles. The molecule has 194 valence electrons. The average Bonchev–Trinajstić information content (AvgIpc) is 3.25. The highest BCUT2D eigenvalue weighted by Gasteiger charge is 2.54. The molecule has 1 heterocycles. The zero-order valence-electron chi connectivity index (χ0n) is 22.8. The van der Waals surface area contributed by atoms with Gasteiger partial charge in [0.05, 0.1) is 0 Å². The van der Waals surface area contributed by atoms with Gasteiger partial charge in [0.2, 0.25) is 0 Å². The summed E-state index contributed by atoms with van der Waals surface area (Å²) in [5.41, 5.74) is 2.65. The van der Waals surface area contributed by atoms with E-state index in [0.29, 0.717) is 11.3 Å². The number of halogens is 1. The third-order valence-electron chi connectivity index (χ3n) is 9.30. The van der Waals surface area contributed by atoms with E-state index in [-0.39, 0.29) is 11.9 Å². The van der Waals surface area contributed by atoms with Gasteiger partial charge in [0.25, 0.3) is 5.91 Å². The lowest BCUT2D eigenvalue weighted by Gasteiger charge is -2.45. The number of hydrogen-bond donors (Lipinski definition) is 0. The van der Waals surface area contributed by atoms with E-state index in [0.717, 1.165) is 37.6 Å². The van der Waals surface area contributed by atoms with Gasteiger partial charge in [-0.2, -0.15) is 0 Å². The molecule has 0 N–H and O–H groups in total. The highest BCUT2D eigenvalue weighted by Crippen LogP contribution is 2.60. The standard InChI is InChI=1S/C30H46BrNO2Si/c1-22(26-14-15-27-24(21-31)13-10-17-29(26,27)2)19-25-20-30(3,34-35(4,5)6)28(33)32(25)18-16-23-11-8-7-9-12-23/h7-9,11-12,21-22,25-27H,10,13-20H2,1-6H3/b24-21+/t22-,25?,26-,27+,29-,30?/m1/s1. The van der Waals surface area contributed by atoms with E-state index in [1.807, 2.05) is 0 Å². The van der Waals surface area contributed by atoms with Crippen LogP contribution in [0.25, 0.3) is 0 Å². The number of nitrogens with zero attached hydrogens (tertiary/aromatic N) is 1. The van der Waals surface area contributed by atoms with Gasteiger partial charge in [0, 0.05) is 19.0 Å². The first kappa shape index (κ1) is 27.1. The van der Waals surface area contributed by atoms with Crippen LogP contribution in [-0.2, 0) is 15.6 Å². The van der Waals surface area contributed by atoms with Gasteiger partial charge in [-0.1, -0.05) is 65.7 Å². The van der Waals surface area contributed by atoms with Crippen LogP contribution in [0.3, 0.4) is 0 Å². The van der Waals surface area contributed by atoms with E-state index in [2.05, 4.69) is 96.6 Å². The van der Waals surface area contributed by atoms with E-state index in [9.17, 15) is 4.79 Å². The van der Waals surface area contributed by atoms with E-state index < -0.39 is 13.9 Å². The average molecular weight is 561 g/mol. The maximum Gasteiger partial charge on any atom is 0.253 e. The van der Waals surface area contributed by atoms with Crippen LogP contribution in [0.15, 0.2) is 40.9 Å². The Bertz CT molecular complexity index is 928. The van der Waals surface area contributed by atoms with Gasteiger partial charge in [-0.25, -0.2) is 0 Å². The monoisotopic (exact) mass is 559 g/mol. The predicted octanol–water partition coefficient (Wildman–Crippen LogP) is 7.96. The Hall–Kier alpha value is -0.913. The molecule has 1 saturated heterocycles. The van der Waals surface area contributed by atoms with Crippen molar-refractivity contribution in [2.24, 2.45) is 23.2 Å². The number of carbonyl (C=O) groups excluding carboxylic acids is 1. The molecule has 1 amide bonds. The number of rotatable bonds is 8. The lowest BCUT2D eigenvalue weighted by molar-refractivity contribution is -0.140. The Morgan fingerprint density at radius 2 is 1.91 bits per heavy atom. The summed E-state index contributed by atoms with van der Waals surface area (Å²) in [4.78, 5) is 18.2. The van der Waals surface area contributed by atoms with Crippen molar-refractivity contribution < 1.29 is 9.22 Å². The van der Waals surface area contributed by atoms with E-state index in [1.54, 1.807) is 5.57 Å². The van der Waals surface area contributed by atoms with E-state index in [1.165, 1.54) is 37.7 Å². The summed E-state index contributed by atoms with van der Waals surface area (Å²) in [6.45, 7) is 14.5. The zero-order valence-corrected chi connectivity index (χ0v) is 25.4. The Morgan fingerprint density at radius 3 is 2.57 bits per heavy atom. The third kappa shape index (κ3) is 5.67. The molecular formula is C30H46BrNO2Si. The van der Waals surface area contributed by atoms with Crippen LogP contribution in [0.1, 0.15) is 71.3 Å². The smallest absolute Gasteiger partial charge is 0.253 e. The van der Waals surface area contributed by atoms with Crippen LogP contribution in [0.5, 0.6) is 0 Å². The molecule has 0 radical (unpaired) electrons. The van der Waals surface area contributed by atoms with Gasteiger partial charge in [-0.3, -0.25) is 4.79 Å². The Balaban J connectivity index is 1.52. The van der Waals surface area contributed by atoms with Crippen molar-refractivity contribution in [1.29, 1.82) is 0 Å². The minimum absolute atomic E-state index is 0.214. The van der Waals surface area contributed by atoms with Gasteiger partial charge in [-0.15, -0.1) is 0 Å². The second-order valence-corrected chi connectivity index (χ2v) is 17.9. The maximum atomic E-state index is 13.8. The zero-order chi connectivity index (χ0) is 25.4. The highest BCUT2D eigenvalue weighted by molar-refractivity contribution is 9.11. The van der Waals surface area contributed by atoms with Crippen molar-refractivity contribution in [3.8, 4) is 0 Å². The minimum atomic E-state index is -1.85. The second kappa shape index (κ2) is 10.5. The van der Waals surface area contributed by atoms with Crippen molar-refractivity contribution >= 4 is 30.2 Å². The third-order valence-corrected chi connectivity index (χ3v) is 11.0. The molecule has 3 aliphatic rings. The van der Waals surface area contributed by atoms with Crippen molar-refractivity contribution in [2.75, 3.05) is 6.54 Å². The molecule has 5 heteroatoms. The SMILES string of the molecule is C[C@H](CC1CC(C)(O[Si](C)(C)C)C(=O)N1CCc1ccccc1)[C@H]1CC[C@H]2/C(=C/Br)CCC[C@]12C. The first-order valence-corrected chi connectivity index (χ1v) is 18.1. The number of amides is 1. The number of likely N-dealkylation sites (tertiary alicyclic amines) is 1. The summed E-state index contributed by atoms with van der Waals surface area (Å²) in [7, 11) is -1.85. The van der Waals surface area contributed by atoms with Crippen molar-refractivity contribution in [1.82, 2.24) is 4.90 Å². The Labute approximate surface area is 223 Å². The molecular weight excluding hydrogens is 514 g/mol. The molecule has 2 saturated carbocycles. The second-order valence-electron chi connectivity index (χ2n) is 13.0. The van der Waals surface area contributed by atoms with Crippen LogP contribution in [0.4, 0.5) is 0 Å². The molecule has 2 unspecified atom stereocenters. The summed E-state index contributed by atoms with van der Waals surface area (Å²) in [6.07, 6.45) is 9.36. The number of benzene rings is 1. The number of carbonyl (C=O) groups is 1. The van der Waals surface area contributed by atoms with Crippen LogP contribution >= 0.6 is 15.9 Å². The number of allylic oxidation sites excluding steroid dienone is 1. The number of hydrogen-bond acceptors (Lipinski definition) is 2. The van der Waals surface area contributed by atoms with Gasteiger partial charge < -0.3 is 9.33 Å². The lowest BCUT2D eigenvalue weighted by Crippen LogP contribution is -2.47. The van der Waals surface area contributed by atoms with Gasteiger partial charge >= 0.3 is 0 Å². The normalized spacial score (nSPS) is 35.5. The van der Waals surface area contributed by atoms with E-state index >= 15 is 0 Å². The molecule has 0 bridgehead atoms. The molecule has 1 aromatic carbocycles. The fraction of sp³-hybridized carbons (Fsp3) is 0.700. The molecule has 6 atom stereocenters. The van der Waals surface area contributed by atoms with Gasteiger partial charge in [0.15, 0.2) is 8.32 Å². The fourth-order valence-electron chi connectivity index (χ4n) is 8.01. The van der Waals surface area contributed by atoms with Crippen molar-refractivity contribution in [2.45, 2.75) is 103 Å². The van der Waals surface area contributed by atoms with Gasteiger partial charge in [0.1, 0.15) is 5.60 Å². The quantitative estimate of drug-likeness (QED) is 0.302. The van der Waals surface area contributed by atoms with Crippen LogP contribution in [0.2, 0.25) is 19.6 Å². The van der Waals surface area contributed by atoms with Crippen molar-refractivity contribution in [3.63, 3.8) is 0 Å². The molecule has 3 nitrogen and oxygen atoms in total.